The van der Waals surface area contributed by atoms with Crippen LogP contribution in [0.4, 0.5) is 0 Å². The molecule has 0 bridgehead atoms. The number of ketones is 1. The van der Waals surface area contributed by atoms with Gasteiger partial charge in [0.05, 0.1) is 25.3 Å². The number of hydrogen-bond acceptors (Lipinski definition) is 5. The fourth-order valence-corrected chi connectivity index (χ4v) is 4.16. The highest BCUT2D eigenvalue weighted by atomic mass is 16.5. The van der Waals surface area contributed by atoms with Gasteiger partial charge in [-0.3, -0.25) is 9.59 Å². The zero-order chi connectivity index (χ0) is 24.1. The Morgan fingerprint density at radius 3 is 2.33 bits per heavy atom. The molecule has 0 saturated carbocycles. The van der Waals surface area contributed by atoms with E-state index in [1.54, 1.807) is 18.1 Å². The summed E-state index contributed by atoms with van der Waals surface area (Å²) >= 11 is 0. The molecule has 0 radical (unpaired) electrons. The van der Waals surface area contributed by atoms with Crippen molar-refractivity contribution < 1.29 is 24.2 Å². The van der Waals surface area contributed by atoms with Gasteiger partial charge in [-0.2, -0.15) is 0 Å². The maximum Gasteiger partial charge on any atom is 0.295 e. The molecule has 1 aliphatic rings. The molecule has 1 saturated heterocycles. The number of carbonyl (C=O) groups is 2. The first kappa shape index (κ1) is 24.4. The minimum Gasteiger partial charge on any atom is -0.507 e. The van der Waals surface area contributed by atoms with Crippen molar-refractivity contribution in [2.45, 2.75) is 53.0 Å². The summed E-state index contributed by atoms with van der Waals surface area (Å²) in [6.45, 7) is 8.86. The maximum atomic E-state index is 13.1. The van der Waals surface area contributed by atoms with Crippen molar-refractivity contribution in [2.24, 2.45) is 0 Å². The van der Waals surface area contributed by atoms with Crippen LogP contribution in [0.3, 0.4) is 0 Å². The average Bonchev–Trinajstić information content (AvgIpc) is 3.07. The molecular formula is C27H33NO5. The lowest BCUT2D eigenvalue weighted by Crippen LogP contribution is -2.30. The van der Waals surface area contributed by atoms with Gasteiger partial charge in [-0.25, -0.2) is 0 Å². The van der Waals surface area contributed by atoms with Gasteiger partial charge in [0.1, 0.15) is 17.3 Å². The molecule has 1 amide bonds. The van der Waals surface area contributed by atoms with Crippen molar-refractivity contribution in [3.05, 3.63) is 64.2 Å². The van der Waals surface area contributed by atoms with Crippen molar-refractivity contribution in [1.29, 1.82) is 0 Å². The van der Waals surface area contributed by atoms with E-state index in [-0.39, 0.29) is 11.3 Å². The van der Waals surface area contributed by atoms with Crippen molar-refractivity contribution in [3.63, 3.8) is 0 Å². The first-order valence-corrected chi connectivity index (χ1v) is 11.5. The number of aryl methyl sites for hydroxylation is 2. The normalized spacial score (nSPS) is 17.5. The largest absolute Gasteiger partial charge is 0.507 e. The van der Waals surface area contributed by atoms with Crippen LogP contribution in [0.2, 0.25) is 0 Å². The van der Waals surface area contributed by atoms with E-state index in [2.05, 4.69) is 0 Å². The van der Waals surface area contributed by atoms with Crippen LogP contribution in [0.15, 0.2) is 42.0 Å². The Bertz CT molecular complexity index is 1050. The monoisotopic (exact) mass is 451 g/mol. The SMILES string of the molecule is CCCCN1C(=O)C(=O)/C(=C(/O)c2cc(C)c(OC)cc2C)C1c1ccc(OCCC)cc1. The summed E-state index contributed by atoms with van der Waals surface area (Å²) in [4.78, 5) is 27.7. The Balaban J connectivity index is 2.13. The minimum atomic E-state index is -0.659. The number of ether oxygens (including phenoxy) is 2. The lowest BCUT2D eigenvalue weighted by molar-refractivity contribution is -0.139. The lowest BCUT2D eigenvalue weighted by atomic mass is 9.93. The average molecular weight is 452 g/mol. The number of aliphatic hydroxyl groups excluding tert-OH is 1. The summed E-state index contributed by atoms with van der Waals surface area (Å²) in [6, 6.07) is 10.4. The Hall–Kier alpha value is -3.28. The molecule has 0 aromatic heterocycles. The van der Waals surface area contributed by atoms with Crippen LogP contribution in [-0.4, -0.2) is 42.0 Å². The number of carbonyl (C=O) groups excluding carboxylic acids is 2. The first-order chi connectivity index (χ1) is 15.8. The molecule has 176 valence electrons. The number of aliphatic hydroxyl groups is 1. The standard InChI is InChI=1S/C27H33NO5/c1-6-8-13-28-24(19-9-11-20(12-10-19)33-14-7-2)23(26(30)27(28)31)25(29)21-15-18(4)22(32-5)16-17(21)3/h9-12,15-16,24,29H,6-8,13-14H2,1-5H3/b25-23+. The summed E-state index contributed by atoms with van der Waals surface area (Å²) < 4.78 is 11.1. The molecular weight excluding hydrogens is 418 g/mol. The molecule has 0 aliphatic carbocycles. The third-order valence-electron chi connectivity index (χ3n) is 5.96. The van der Waals surface area contributed by atoms with E-state index in [0.29, 0.717) is 24.5 Å². The highest BCUT2D eigenvalue weighted by Crippen LogP contribution is 2.41. The van der Waals surface area contributed by atoms with Crippen LogP contribution < -0.4 is 9.47 Å². The smallest absolute Gasteiger partial charge is 0.295 e. The predicted octanol–water partition coefficient (Wildman–Crippen LogP) is 5.32. The molecule has 1 heterocycles. The topological polar surface area (TPSA) is 76.1 Å². The first-order valence-electron chi connectivity index (χ1n) is 11.5. The van der Waals surface area contributed by atoms with Gasteiger partial charge in [0.15, 0.2) is 0 Å². The number of Topliss-reactive ketones (excluding diaryl/α,β-unsaturated/α-hetero) is 1. The molecule has 1 atom stereocenters. The summed E-state index contributed by atoms with van der Waals surface area (Å²) in [6.07, 6.45) is 2.55. The van der Waals surface area contributed by atoms with E-state index in [4.69, 9.17) is 9.47 Å². The number of rotatable bonds is 9. The number of likely N-dealkylation sites (tertiary alicyclic amines) is 1. The van der Waals surface area contributed by atoms with E-state index in [0.717, 1.165) is 41.7 Å². The van der Waals surface area contributed by atoms with Crippen LogP contribution in [0.1, 0.15) is 61.4 Å². The quantitative estimate of drug-likeness (QED) is 0.317. The number of amides is 1. The zero-order valence-electron chi connectivity index (χ0n) is 20.1. The Labute approximate surface area is 195 Å². The molecule has 33 heavy (non-hydrogen) atoms. The second kappa shape index (κ2) is 10.6. The number of methoxy groups -OCH3 is 1. The van der Waals surface area contributed by atoms with E-state index in [9.17, 15) is 14.7 Å². The highest BCUT2D eigenvalue weighted by molar-refractivity contribution is 6.46. The third kappa shape index (κ3) is 4.90. The molecule has 1 N–H and O–H groups in total. The Morgan fingerprint density at radius 1 is 1.03 bits per heavy atom. The van der Waals surface area contributed by atoms with E-state index in [1.807, 2.05) is 58.0 Å². The zero-order valence-corrected chi connectivity index (χ0v) is 20.1. The van der Waals surface area contributed by atoms with Gasteiger partial charge in [-0.05, 0) is 67.6 Å². The number of nitrogens with zero attached hydrogens (tertiary/aromatic N) is 1. The minimum absolute atomic E-state index is 0.117. The van der Waals surface area contributed by atoms with Gasteiger partial charge < -0.3 is 19.5 Å². The number of unbranched alkanes of at least 4 members (excludes halogenated alkanes) is 1. The van der Waals surface area contributed by atoms with Crippen LogP contribution in [0.5, 0.6) is 11.5 Å². The molecule has 1 aliphatic heterocycles. The molecule has 6 heteroatoms. The summed E-state index contributed by atoms with van der Waals surface area (Å²) in [5.74, 6) is 0.0308. The Morgan fingerprint density at radius 2 is 1.73 bits per heavy atom. The third-order valence-corrected chi connectivity index (χ3v) is 5.96. The van der Waals surface area contributed by atoms with Gasteiger partial charge in [-0.15, -0.1) is 0 Å². The molecule has 2 aromatic carbocycles. The second-order valence-corrected chi connectivity index (χ2v) is 8.40. The van der Waals surface area contributed by atoms with Gasteiger partial charge in [0, 0.05) is 12.1 Å². The fraction of sp³-hybridized carbons (Fsp3) is 0.407. The van der Waals surface area contributed by atoms with E-state index >= 15 is 0 Å². The summed E-state index contributed by atoms with van der Waals surface area (Å²) in [5, 5.41) is 11.3. The van der Waals surface area contributed by atoms with Crippen LogP contribution in [-0.2, 0) is 9.59 Å². The van der Waals surface area contributed by atoms with Crippen LogP contribution in [0, 0.1) is 13.8 Å². The molecule has 6 nitrogen and oxygen atoms in total. The number of benzene rings is 2. The highest BCUT2D eigenvalue weighted by Gasteiger charge is 2.45. The maximum absolute atomic E-state index is 13.1. The summed E-state index contributed by atoms with van der Waals surface area (Å²) in [5.41, 5.74) is 3.00. The number of hydrogen-bond donors (Lipinski definition) is 1. The lowest BCUT2D eigenvalue weighted by Gasteiger charge is -2.25. The van der Waals surface area contributed by atoms with Crippen molar-refractivity contribution in [2.75, 3.05) is 20.3 Å². The van der Waals surface area contributed by atoms with E-state index < -0.39 is 17.7 Å². The summed E-state index contributed by atoms with van der Waals surface area (Å²) in [7, 11) is 1.59. The second-order valence-electron chi connectivity index (χ2n) is 8.40. The molecule has 0 spiro atoms. The van der Waals surface area contributed by atoms with Gasteiger partial charge in [-0.1, -0.05) is 32.4 Å². The van der Waals surface area contributed by atoms with E-state index in [1.165, 1.54) is 0 Å². The van der Waals surface area contributed by atoms with Gasteiger partial charge in [0.25, 0.3) is 11.7 Å². The van der Waals surface area contributed by atoms with Gasteiger partial charge in [0.2, 0.25) is 0 Å². The van der Waals surface area contributed by atoms with Gasteiger partial charge >= 0.3 is 0 Å². The fourth-order valence-electron chi connectivity index (χ4n) is 4.16. The van der Waals surface area contributed by atoms with Crippen molar-refractivity contribution in [3.8, 4) is 11.5 Å². The van der Waals surface area contributed by atoms with Crippen LogP contribution >= 0.6 is 0 Å². The molecule has 1 unspecified atom stereocenters. The van der Waals surface area contributed by atoms with Crippen LogP contribution in [0.25, 0.3) is 5.76 Å². The molecule has 2 aromatic rings. The van der Waals surface area contributed by atoms with Crippen molar-refractivity contribution in [1.82, 2.24) is 4.90 Å². The molecule has 1 fully saturated rings. The Kier molecular flexibility index (Phi) is 7.79. The predicted molar refractivity (Wildman–Crippen MR) is 129 cm³/mol. The van der Waals surface area contributed by atoms with Crippen molar-refractivity contribution >= 4 is 17.4 Å². The molecule has 3 rings (SSSR count).